The Balaban J connectivity index is 1.57. The van der Waals surface area contributed by atoms with Gasteiger partial charge in [-0.1, -0.05) is 25.3 Å². The molecule has 2 unspecified atom stereocenters. The lowest BCUT2D eigenvalue weighted by atomic mass is 9.86. The summed E-state index contributed by atoms with van der Waals surface area (Å²) in [5, 5.41) is 10.1. The van der Waals surface area contributed by atoms with Gasteiger partial charge in [0.05, 0.1) is 18.9 Å². The van der Waals surface area contributed by atoms with E-state index in [4.69, 9.17) is 5.10 Å². The number of carbonyl (C=O) groups excluding carboxylic acids is 2. The lowest BCUT2D eigenvalue weighted by Gasteiger charge is -2.35. The van der Waals surface area contributed by atoms with Crippen molar-refractivity contribution in [2.24, 2.45) is 11.0 Å². The van der Waals surface area contributed by atoms with Crippen molar-refractivity contribution in [2.45, 2.75) is 50.6 Å². The van der Waals surface area contributed by atoms with Crippen LogP contribution in [0.4, 0.5) is 0 Å². The van der Waals surface area contributed by atoms with Crippen molar-refractivity contribution in [3.05, 3.63) is 54.0 Å². The van der Waals surface area contributed by atoms with Crippen molar-refractivity contribution in [2.75, 3.05) is 7.11 Å². The molecule has 3 aliphatic rings. The smallest absolute Gasteiger partial charge is 0.315 e. The van der Waals surface area contributed by atoms with Crippen LogP contribution in [0.3, 0.4) is 0 Å². The highest BCUT2D eigenvalue weighted by Crippen LogP contribution is 2.36. The molecule has 4 rings (SSSR count). The summed E-state index contributed by atoms with van der Waals surface area (Å²) in [6.07, 6.45) is 15.4. The lowest BCUT2D eigenvalue weighted by Crippen LogP contribution is -2.41. The molecule has 0 saturated heterocycles. The van der Waals surface area contributed by atoms with Gasteiger partial charge in [0.2, 0.25) is 5.91 Å². The van der Waals surface area contributed by atoms with Gasteiger partial charge in [0, 0.05) is 35.6 Å². The van der Waals surface area contributed by atoms with Gasteiger partial charge in [0.25, 0.3) is 0 Å². The van der Waals surface area contributed by atoms with Crippen molar-refractivity contribution in [3.8, 4) is 0 Å². The Morgan fingerprint density at radius 1 is 1.28 bits per heavy atom. The molecule has 7 heteroatoms. The van der Waals surface area contributed by atoms with Crippen LogP contribution in [0.15, 0.2) is 53.6 Å². The number of fused-ring (bicyclic) bond motifs is 1. The third-order valence-corrected chi connectivity index (χ3v) is 5.77. The highest BCUT2D eigenvalue weighted by Gasteiger charge is 2.40. The Kier molecular flexibility index (Phi) is 5.74. The first-order valence-corrected chi connectivity index (χ1v) is 10.2. The van der Waals surface area contributed by atoms with E-state index in [-0.39, 0.29) is 24.3 Å². The second kappa shape index (κ2) is 8.59. The van der Waals surface area contributed by atoms with Gasteiger partial charge in [-0.2, -0.15) is 5.10 Å². The third kappa shape index (κ3) is 4.23. The van der Waals surface area contributed by atoms with Gasteiger partial charge >= 0.3 is 5.97 Å². The number of aromatic nitrogens is 1. The first-order valence-electron chi connectivity index (χ1n) is 10.2. The van der Waals surface area contributed by atoms with Crippen molar-refractivity contribution in [1.82, 2.24) is 15.3 Å². The molecule has 0 bridgehead atoms. The molecule has 0 radical (unpaired) electrons. The molecule has 1 aliphatic heterocycles. The van der Waals surface area contributed by atoms with Crippen LogP contribution < -0.4 is 5.32 Å². The fourth-order valence-electron chi connectivity index (χ4n) is 4.34. The largest absolute Gasteiger partial charge is 0.469 e. The second-order valence-electron chi connectivity index (χ2n) is 7.70. The van der Waals surface area contributed by atoms with E-state index in [1.807, 2.05) is 24.4 Å². The van der Waals surface area contributed by atoms with E-state index in [9.17, 15) is 9.59 Å². The van der Waals surface area contributed by atoms with E-state index < -0.39 is 5.97 Å². The molecule has 2 heterocycles. The number of methoxy groups -OCH3 is 1. The van der Waals surface area contributed by atoms with Crippen molar-refractivity contribution >= 4 is 17.6 Å². The molecule has 7 nitrogen and oxygen atoms in total. The molecule has 1 fully saturated rings. The molecule has 1 N–H and O–H groups in total. The Morgan fingerprint density at radius 3 is 2.83 bits per heavy atom. The maximum absolute atomic E-state index is 12.1. The number of carbonyl (C=O) groups is 2. The van der Waals surface area contributed by atoms with E-state index in [0.29, 0.717) is 11.7 Å². The maximum atomic E-state index is 12.1. The number of esters is 1. The summed E-state index contributed by atoms with van der Waals surface area (Å²) in [5.74, 6) is -0.808. The number of rotatable bonds is 5. The average Bonchev–Trinajstić information content (AvgIpc) is 3.13. The summed E-state index contributed by atoms with van der Waals surface area (Å²) >= 11 is 0. The summed E-state index contributed by atoms with van der Waals surface area (Å²) in [6.45, 7) is 0. The van der Waals surface area contributed by atoms with Crippen LogP contribution in [0.2, 0.25) is 0 Å². The van der Waals surface area contributed by atoms with Crippen molar-refractivity contribution in [3.63, 3.8) is 0 Å². The number of ether oxygens (including phenoxy) is 1. The fourth-order valence-corrected chi connectivity index (χ4v) is 4.34. The number of pyridine rings is 1. The van der Waals surface area contributed by atoms with Crippen molar-refractivity contribution < 1.29 is 14.3 Å². The van der Waals surface area contributed by atoms with E-state index in [0.717, 1.165) is 24.1 Å². The zero-order valence-electron chi connectivity index (χ0n) is 16.6. The fraction of sp³-hybridized carbons (Fsp3) is 0.455. The molecule has 29 heavy (non-hydrogen) atoms. The van der Waals surface area contributed by atoms with E-state index in [1.54, 1.807) is 6.20 Å². The minimum Gasteiger partial charge on any atom is -0.469 e. The topological polar surface area (TPSA) is 83.9 Å². The third-order valence-electron chi connectivity index (χ3n) is 5.77. The quantitative estimate of drug-likeness (QED) is 0.613. The van der Waals surface area contributed by atoms with Crippen LogP contribution in [0.25, 0.3) is 0 Å². The summed E-state index contributed by atoms with van der Waals surface area (Å²) < 4.78 is 4.57. The Hall–Kier alpha value is -2.96. The van der Waals surface area contributed by atoms with Gasteiger partial charge in [-0.3, -0.25) is 19.6 Å². The van der Waals surface area contributed by atoms with Gasteiger partial charge in [0.1, 0.15) is 6.42 Å². The highest BCUT2D eigenvalue weighted by atomic mass is 16.5. The Labute approximate surface area is 170 Å². The number of hydrogen-bond donors (Lipinski definition) is 1. The standard InChI is InChI=1S/C22H26N4O3/c1-29-21(28)13-20(27)24-16-9-10-18-19(12-16)26(17-7-3-2-4-8-17)25-22(18)15-6-5-11-23-14-15/h5-6,9-12,14,17-19H,2-4,7-8,13H2,1H3,(H,24,27). The molecule has 0 aromatic carbocycles. The van der Waals surface area contributed by atoms with Crippen LogP contribution in [0.5, 0.6) is 0 Å². The number of amides is 1. The summed E-state index contributed by atoms with van der Waals surface area (Å²) in [4.78, 5) is 27.7. The highest BCUT2D eigenvalue weighted by molar-refractivity contribution is 6.05. The van der Waals surface area contributed by atoms with Crippen LogP contribution >= 0.6 is 0 Å². The zero-order valence-corrected chi connectivity index (χ0v) is 16.6. The van der Waals surface area contributed by atoms with Crippen molar-refractivity contribution in [1.29, 1.82) is 0 Å². The van der Waals surface area contributed by atoms with Gasteiger partial charge in [0.15, 0.2) is 0 Å². The number of nitrogens with one attached hydrogen (secondary N) is 1. The lowest BCUT2D eigenvalue weighted by molar-refractivity contribution is -0.143. The second-order valence-corrected chi connectivity index (χ2v) is 7.70. The van der Waals surface area contributed by atoms with E-state index in [1.165, 1.54) is 26.4 Å². The van der Waals surface area contributed by atoms with Gasteiger partial charge < -0.3 is 10.1 Å². The van der Waals surface area contributed by atoms with Crippen LogP contribution in [-0.2, 0) is 14.3 Å². The Bertz CT molecular complexity index is 856. The number of nitrogens with zero attached hydrogens (tertiary/aromatic N) is 3. The molecule has 0 spiro atoms. The van der Waals surface area contributed by atoms with Gasteiger partial charge in [-0.15, -0.1) is 0 Å². The number of allylic oxidation sites excluding steroid dienone is 1. The first-order chi connectivity index (χ1) is 14.2. The van der Waals surface area contributed by atoms with Gasteiger partial charge in [-0.25, -0.2) is 0 Å². The van der Waals surface area contributed by atoms with Crippen LogP contribution in [0, 0.1) is 5.92 Å². The first kappa shape index (κ1) is 19.4. The monoisotopic (exact) mass is 394 g/mol. The summed E-state index contributed by atoms with van der Waals surface area (Å²) in [5.41, 5.74) is 2.74. The SMILES string of the molecule is COC(=O)CC(=O)NC1=CC2C(C=C1)C(c1cccnc1)=NN2C1CCCCC1. The number of hydrogen-bond acceptors (Lipinski definition) is 6. The molecule has 1 amide bonds. The molecule has 2 aliphatic carbocycles. The molecule has 1 aromatic heterocycles. The van der Waals surface area contributed by atoms with Crippen LogP contribution in [0.1, 0.15) is 44.1 Å². The molecule has 1 aromatic rings. The Morgan fingerprint density at radius 2 is 2.10 bits per heavy atom. The minimum absolute atomic E-state index is 0.0479. The molecule has 1 saturated carbocycles. The van der Waals surface area contributed by atoms with Gasteiger partial charge in [-0.05, 0) is 37.1 Å². The zero-order chi connectivity index (χ0) is 20.2. The predicted octanol–water partition coefficient (Wildman–Crippen LogP) is 2.55. The molecular weight excluding hydrogens is 368 g/mol. The molecule has 152 valence electrons. The predicted molar refractivity (Wildman–Crippen MR) is 109 cm³/mol. The van der Waals surface area contributed by atoms with E-state index in [2.05, 4.69) is 32.2 Å². The normalized spacial score (nSPS) is 23.8. The minimum atomic E-state index is -0.548. The molecule has 2 atom stereocenters. The summed E-state index contributed by atoms with van der Waals surface area (Å²) in [7, 11) is 1.28. The number of hydrazone groups is 1. The summed E-state index contributed by atoms with van der Waals surface area (Å²) in [6, 6.07) is 4.42. The van der Waals surface area contributed by atoms with E-state index >= 15 is 0 Å². The maximum Gasteiger partial charge on any atom is 0.315 e. The average molecular weight is 394 g/mol. The molecular formula is C22H26N4O3. The van der Waals surface area contributed by atoms with Crippen LogP contribution in [-0.4, -0.2) is 46.8 Å².